The van der Waals surface area contributed by atoms with Crippen molar-refractivity contribution in [1.82, 2.24) is 15.1 Å². The number of hydrogen-bond acceptors (Lipinski definition) is 4. The van der Waals surface area contributed by atoms with Crippen molar-refractivity contribution in [1.29, 1.82) is 0 Å². The highest BCUT2D eigenvalue weighted by Crippen LogP contribution is 2.22. The van der Waals surface area contributed by atoms with Crippen LogP contribution in [0.2, 0.25) is 0 Å². The minimum Gasteiger partial charge on any atom is -0.507 e. The van der Waals surface area contributed by atoms with Gasteiger partial charge in [0, 0.05) is 25.5 Å². The van der Waals surface area contributed by atoms with Gasteiger partial charge in [-0.05, 0) is 30.7 Å². The van der Waals surface area contributed by atoms with Crippen LogP contribution in [-0.4, -0.2) is 34.4 Å². The van der Waals surface area contributed by atoms with Crippen molar-refractivity contribution in [3.63, 3.8) is 0 Å². The third-order valence-corrected chi connectivity index (χ3v) is 2.86. The topological polar surface area (TPSA) is 76.4 Å². The molecule has 0 radical (unpaired) electrons. The van der Waals surface area contributed by atoms with Crippen LogP contribution in [0.5, 0.6) is 11.5 Å². The van der Waals surface area contributed by atoms with Gasteiger partial charge in [0.1, 0.15) is 11.5 Å². The maximum atomic E-state index is 11.9. The summed E-state index contributed by atoms with van der Waals surface area (Å²) in [7, 11) is 1.51. The quantitative estimate of drug-likeness (QED) is 0.782. The summed E-state index contributed by atoms with van der Waals surface area (Å²) >= 11 is 0. The second-order valence-corrected chi connectivity index (χ2v) is 4.26. The van der Waals surface area contributed by atoms with Gasteiger partial charge in [0.15, 0.2) is 0 Å². The van der Waals surface area contributed by atoms with E-state index in [0.717, 1.165) is 13.0 Å². The predicted octanol–water partition coefficient (Wildman–Crippen LogP) is 1.42. The van der Waals surface area contributed by atoms with Crippen LogP contribution in [-0.2, 0) is 6.54 Å². The number of amides is 1. The maximum Gasteiger partial charge on any atom is 0.255 e. The molecule has 0 unspecified atom stereocenters. The number of aromatic hydroxyl groups is 1. The van der Waals surface area contributed by atoms with E-state index in [1.807, 2.05) is 12.3 Å². The highest BCUT2D eigenvalue weighted by atomic mass is 16.5. The van der Waals surface area contributed by atoms with E-state index in [2.05, 4.69) is 10.4 Å². The lowest BCUT2D eigenvalue weighted by molar-refractivity contribution is 0.0949. The molecule has 0 saturated heterocycles. The normalized spacial score (nSPS) is 10.2. The molecular weight excluding hydrogens is 258 g/mol. The van der Waals surface area contributed by atoms with Gasteiger partial charge in [0.2, 0.25) is 0 Å². The zero-order valence-corrected chi connectivity index (χ0v) is 11.2. The number of nitrogens with zero attached hydrogens (tertiary/aromatic N) is 2. The smallest absolute Gasteiger partial charge is 0.255 e. The van der Waals surface area contributed by atoms with E-state index < -0.39 is 0 Å². The van der Waals surface area contributed by atoms with Crippen LogP contribution in [0.25, 0.3) is 0 Å². The van der Waals surface area contributed by atoms with Crippen LogP contribution in [0.3, 0.4) is 0 Å². The minimum atomic E-state index is -0.318. The van der Waals surface area contributed by atoms with E-state index in [1.165, 1.54) is 19.2 Å². The van der Waals surface area contributed by atoms with E-state index in [0.29, 0.717) is 12.3 Å². The first-order valence-electron chi connectivity index (χ1n) is 6.33. The molecule has 0 atom stereocenters. The molecule has 2 rings (SSSR count). The third kappa shape index (κ3) is 3.50. The number of nitrogens with one attached hydrogen (secondary N) is 1. The number of carbonyl (C=O) groups is 1. The molecule has 1 amide bonds. The second kappa shape index (κ2) is 6.60. The fourth-order valence-corrected chi connectivity index (χ4v) is 1.79. The van der Waals surface area contributed by atoms with Crippen molar-refractivity contribution >= 4 is 5.91 Å². The molecule has 106 valence electrons. The van der Waals surface area contributed by atoms with Crippen LogP contribution < -0.4 is 10.1 Å². The van der Waals surface area contributed by atoms with Crippen molar-refractivity contribution in [3.05, 3.63) is 42.2 Å². The number of aromatic nitrogens is 2. The Labute approximate surface area is 117 Å². The molecule has 0 bridgehead atoms. The van der Waals surface area contributed by atoms with Crippen molar-refractivity contribution < 1.29 is 14.6 Å². The lowest BCUT2D eigenvalue weighted by Crippen LogP contribution is -2.25. The highest BCUT2D eigenvalue weighted by Gasteiger charge is 2.11. The average Bonchev–Trinajstić information content (AvgIpc) is 2.97. The first kappa shape index (κ1) is 13.9. The van der Waals surface area contributed by atoms with Gasteiger partial charge >= 0.3 is 0 Å². The molecule has 1 aromatic carbocycles. The number of ether oxygens (including phenoxy) is 1. The van der Waals surface area contributed by atoms with Crippen molar-refractivity contribution in [2.45, 2.75) is 13.0 Å². The molecule has 0 aliphatic heterocycles. The highest BCUT2D eigenvalue weighted by molar-refractivity contribution is 5.97. The van der Waals surface area contributed by atoms with Crippen LogP contribution >= 0.6 is 0 Å². The van der Waals surface area contributed by atoms with Crippen molar-refractivity contribution in [2.75, 3.05) is 13.7 Å². The summed E-state index contributed by atoms with van der Waals surface area (Å²) < 4.78 is 6.83. The Morgan fingerprint density at radius 3 is 3.05 bits per heavy atom. The average molecular weight is 275 g/mol. The predicted molar refractivity (Wildman–Crippen MR) is 73.8 cm³/mol. The Balaban J connectivity index is 1.85. The lowest BCUT2D eigenvalue weighted by Gasteiger charge is -2.08. The number of rotatable bonds is 6. The van der Waals surface area contributed by atoms with Gasteiger partial charge < -0.3 is 15.2 Å². The Kier molecular flexibility index (Phi) is 4.60. The van der Waals surface area contributed by atoms with Gasteiger partial charge in [0.25, 0.3) is 5.91 Å². The summed E-state index contributed by atoms with van der Waals surface area (Å²) in [5.41, 5.74) is 0.212. The van der Waals surface area contributed by atoms with Gasteiger partial charge in [0.05, 0.1) is 12.7 Å². The zero-order chi connectivity index (χ0) is 14.4. The van der Waals surface area contributed by atoms with Crippen molar-refractivity contribution in [2.24, 2.45) is 0 Å². The van der Waals surface area contributed by atoms with Gasteiger partial charge in [-0.1, -0.05) is 0 Å². The Bertz CT molecular complexity index is 567. The van der Waals surface area contributed by atoms with E-state index in [4.69, 9.17) is 4.74 Å². The van der Waals surface area contributed by atoms with Crippen LogP contribution in [0.1, 0.15) is 16.8 Å². The number of carbonyl (C=O) groups excluding carboxylic acids is 1. The molecule has 1 heterocycles. The number of phenols is 1. The number of aryl methyl sites for hydroxylation is 1. The summed E-state index contributed by atoms with van der Waals surface area (Å²) in [6, 6.07) is 6.41. The number of hydrogen-bond donors (Lipinski definition) is 2. The molecule has 0 aliphatic rings. The zero-order valence-electron chi connectivity index (χ0n) is 11.2. The third-order valence-electron chi connectivity index (χ3n) is 2.86. The Hall–Kier alpha value is -2.50. The fraction of sp³-hybridized carbons (Fsp3) is 0.286. The van der Waals surface area contributed by atoms with Gasteiger partial charge in [-0.15, -0.1) is 0 Å². The Morgan fingerprint density at radius 1 is 1.50 bits per heavy atom. The molecule has 6 nitrogen and oxygen atoms in total. The molecule has 2 aromatic rings. The summed E-state index contributed by atoms with van der Waals surface area (Å²) in [5.74, 6) is 0.154. The monoisotopic (exact) mass is 275 g/mol. The van der Waals surface area contributed by atoms with Gasteiger partial charge in [-0.25, -0.2) is 0 Å². The standard InChI is InChI=1S/C14H17N3O3/c1-20-11-4-5-13(18)12(10-11)14(19)15-6-2-8-17-9-3-7-16-17/h3-5,7,9-10,18H,2,6,8H2,1H3,(H,15,19). The molecule has 0 saturated carbocycles. The molecule has 0 aliphatic carbocycles. The fourth-order valence-electron chi connectivity index (χ4n) is 1.79. The molecule has 0 fully saturated rings. The Morgan fingerprint density at radius 2 is 2.35 bits per heavy atom. The molecule has 20 heavy (non-hydrogen) atoms. The first-order chi connectivity index (χ1) is 9.70. The largest absolute Gasteiger partial charge is 0.507 e. The molecule has 0 spiro atoms. The maximum absolute atomic E-state index is 11.9. The number of phenolic OH excluding ortho intramolecular Hbond substituents is 1. The van der Waals surface area contributed by atoms with Crippen molar-refractivity contribution in [3.8, 4) is 11.5 Å². The SMILES string of the molecule is COc1ccc(O)c(C(=O)NCCCn2cccn2)c1. The van der Waals surface area contributed by atoms with E-state index >= 15 is 0 Å². The lowest BCUT2D eigenvalue weighted by atomic mass is 10.1. The number of methoxy groups -OCH3 is 1. The van der Waals surface area contributed by atoms with Crippen LogP contribution in [0, 0.1) is 0 Å². The molecular formula is C14H17N3O3. The van der Waals surface area contributed by atoms with Crippen LogP contribution in [0.4, 0.5) is 0 Å². The molecule has 2 N–H and O–H groups in total. The van der Waals surface area contributed by atoms with Gasteiger partial charge in [-0.3, -0.25) is 9.48 Å². The first-order valence-corrected chi connectivity index (χ1v) is 6.33. The summed E-state index contributed by atoms with van der Waals surface area (Å²) in [6.45, 7) is 1.24. The van der Waals surface area contributed by atoms with E-state index in [-0.39, 0.29) is 17.2 Å². The summed E-state index contributed by atoms with van der Waals surface area (Å²) in [6.07, 6.45) is 4.35. The summed E-state index contributed by atoms with van der Waals surface area (Å²) in [4.78, 5) is 11.9. The van der Waals surface area contributed by atoms with E-state index in [9.17, 15) is 9.90 Å². The molecule has 6 heteroatoms. The number of benzene rings is 1. The van der Waals surface area contributed by atoms with Crippen LogP contribution in [0.15, 0.2) is 36.7 Å². The molecule has 1 aromatic heterocycles. The second-order valence-electron chi connectivity index (χ2n) is 4.26. The van der Waals surface area contributed by atoms with Gasteiger partial charge in [-0.2, -0.15) is 5.10 Å². The van der Waals surface area contributed by atoms with E-state index in [1.54, 1.807) is 16.9 Å². The summed E-state index contributed by atoms with van der Waals surface area (Å²) in [5, 5.41) is 16.5. The minimum absolute atomic E-state index is 0.0598.